The van der Waals surface area contributed by atoms with E-state index in [0.29, 0.717) is 34.2 Å². The maximum atomic E-state index is 14.4. The smallest absolute Gasteiger partial charge is 0.335 e. The first-order chi connectivity index (χ1) is 10.1. The first kappa shape index (κ1) is 14.8. The topological polar surface area (TPSA) is 49.8 Å². The Morgan fingerprint density at radius 1 is 1.19 bits per heavy atom. The Kier molecular flexibility index (Phi) is 4.42. The number of aromatic carboxylic acids is 1. The molecule has 2 rings (SSSR count). The third-order valence-electron chi connectivity index (χ3n) is 3.23. The van der Waals surface area contributed by atoms with Crippen molar-refractivity contribution in [3.05, 3.63) is 53.6 Å². The quantitative estimate of drug-likeness (QED) is 0.846. The van der Waals surface area contributed by atoms with Crippen molar-refractivity contribution in [1.82, 2.24) is 0 Å². The van der Waals surface area contributed by atoms with E-state index in [9.17, 15) is 9.28 Å². The van der Waals surface area contributed by atoms with Gasteiger partial charge in [-0.1, -0.05) is 11.4 Å². The second-order valence-electron chi connectivity index (χ2n) is 4.48. The van der Waals surface area contributed by atoms with E-state index in [4.69, 9.17) is 9.84 Å². The Hall–Kier alpha value is -2.56. The summed E-state index contributed by atoms with van der Waals surface area (Å²) in [6.45, 7) is 1.83. The van der Waals surface area contributed by atoms with E-state index in [1.807, 2.05) is 6.92 Å². The molecule has 0 spiro atoms. The summed E-state index contributed by atoms with van der Waals surface area (Å²) in [5.41, 5.74) is 1.43. The molecule has 0 aromatic heterocycles. The summed E-state index contributed by atoms with van der Waals surface area (Å²) >= 11 is 0. The van der Waals surface area contributed by atoms with E-state index < -0.39 is 5.97 Å². The molecular formula is C16H16FNO3. The highest BCUT2D eigenvalue weighted by atomic mass is 19.2. The van der Waals surface area contributed by atoms with Crippen LogP contribution in [0.15, 0.2) is 42.5 Å². The minimum Gasteiger partial charge on any atom is -0.497 e. The molecule has 4 nitrogen and oxygen atoms in total. The van der Waals surface area contributed by atoms with E-state index in [1.165, 1.54) is 12.1 Å². The minimum atomic E-state index is -1.01. The molecule has 5 heteroatoms. The van der Waals surface area contributed by atoms with Crippen molar-refractivity contribution in [2.45, 2.75) is 13.3 Å². The van der Waals surface area contributed by atoms with Gasteiger partial charge in [0.05, 0.1) is 24.0 Å². The van der Waals surface area contributed by atoms with Crippen LogP contribution in [0.5, 0.6) is 5.75 Å². The largest absolute Gasteiger partial charge is 0.497 e. The lowest BCUT2D eigenvalue weighted by Gasteiger charge is -2.16. The SMILES string of the molecule is CCc1cc(N(F)c2ccc(OC)cc2)ccc1C(=O)O. The highest BCUT2D eigenvalue weighted by Crippen LogP contribution is 2.29. The van der Waals surface area contributed by atoms with Gasteiger partial charge < -0.3 is 9.84 Å². The molecule has 0 saturated heterocycles. The van der Waals surface area contributed by atoms with Gasteiger partial charge in [-0.15, -0.1) is 0 Å². The lowest BCUT2D eigenvalue weighted by Crippen LogP contribution is -2.07. The molecule has 0 aliphatic rings. The van der Waals surface area contributed by atoms with Gasteiger partial charge in [-0.25, -0.2) is 4.79 Å². The van der Waals surface area contributed by atoms with Gasteiger partial charge in [0.15, 0.2) is 0 Å². The van der Waals surface area contributed by atoms with Gasteiger partial charge in [-0.05, 0) is 54.4 Å². The van der Waals surface area contributed by atoms with Crippen LogP contribution in [0, 0.1) is 0 Å². The third kappa shape index (κ3) is 3.13. The summed E-state index contributed by atoms with van der Waals surface area (Å²) in [5.74, 6) is -0.365. The van der Waals surface area contributed by atoms with Crippen LogP contribution in [-0.2, 0) is 6.42 Å². The Morgan fingerprint density at radius 3 is 2.33 bits per heavy atom. The number of carboxylic acids is 1. The van der Waals surface area contributed by atoms with Crippen LogP contribution >= 0.6 is 0 Å². The second-order valence-corrected chi connectivity index (χ2v) is 4.48. The van der Waals surface area contributed by atoms with E-state index >= 15 is 0 Å². The van der Waals surface area contributed by atoms with Crippen LogP contribution in [0.25, 0.3) is 0 Å². The highest BCUT2D eigenvalue weighted by Gasteiger charge is 2.14. The molecule has 0 saturated carbocycles. The molecule has 0 fully saturated rings. The number of hydrogen-bond acceptors (Lipinski definition) is 3. The number of anilines is 2. The number of nitrogens with zero attached hydrogens (tertiary/aromatic N) is 1. The van der Waals surface area contributed by atoms with E-state index in [-0.39, 0.29) is 5.56 Å². The summed E-state index contributed by atoms with van der Waals surface area (Å²) in [7, 11) is 1.54. The number of ether oxygens (including phenoxy) is 1. The number of carbonyl (C=O) groups is 1. The average Bonchev–Trinajstić information content (AvgIpc) is 2.53. The molecule has 0 bridgehead atoms. The number of hydrogen-bond donors (Lipinski definition) is 1. The zero-order valence-electron chi connectivity index (χ0n) is 11.8. The van der Waals surface area contributed by atoms with Crippen LogP contribution in [-0.4, -0.2) is 18.2 Å². The molecule has 0 radical (unpaired) electrons. The van der Waals surface area contributed by atoms with E-state index in [2.05, 4.69) is 0 Å². The fraction of sp³-hybridized carbons (Fsp3) is 0.188. The molecule has 0 aliphatic heterocycles. The van der Waals surface area contributed by atoms with Crippen LogP contribution in [0.4, 0.5) is 15.9 Å². The van der Waals surface area contributed by atoms with Crippen LogP contribution < -0.4 is 9.86 Å². The Bertz CT molecular complexity index is 640. The van der Waals surface area contributed by atoms with Crippen molar-refractivity contribution in [2.24, 2.45) is 0 Å². The number of carboxylic acid groups (broad SMARTS) is 1. The lowest BCUT2D eigenvalue weighted by molar-refractivity contribution is 0.0695. The third-order valence-corrected chi connectivity index (χ3v) is 3.23. The van der Waals surface area contributed by atoms with Gasteiger partial charge in [0, 0.05) is 0 Å². The zero-order chi connectivity index (χ0) is 15.4. The predicted octanol–water partition coefficient (Wildman–Crippen LogP) is 3.98. The van der Waals surface area contributed by atoms with Gasteiger partial charge in [-0.3, -0.25) is 0 Å². The first-order valence-electron chi connectivity index (χ1n) is 6.53. The second kappa shape index (κ2) is 6.26. The first-order valence-corrected chi connectivity index (χ1v) is 6.53. The number of aryl methyl sites for hydroxylation is 1. The molecule has 110 valence electrons. The summed E-state index contributed by atoms with van der Waals surface area (Å²) < 4.78 is 19.4. The monoisotopic (exact) mass is 289 g/mol. The highest BCUT2D eigenvalue weighted by molar-refractivity contribution is 5.90. The maximum absolute atomic E-state index is 14.4. The van der Waals surface area contributed by atoms with Crippen LogP contribution in [0.3, 0.4) is 0 Å². The standard InChI is InChI=1S/C16H16FNO3/c1-3-11-10-13(6-9-15(11)16(19)20)18(17)12-4-7-14(21-2)8-5-12/h4-10H,3H2,1-2H3,(H,19,20). The van der Waals surface area contributed by atoms with Gasteiger partial charge in [0.2, 0.25) is 0 Å². The number of benzene rings is 2. The summed E-state index contributed by atoms with van der Waals surface area (Å²) in [6, 6.07) is 10.9. The fourth-order valence-corrected chi connectivity index (χ4v) is 2.07. The van der Waals surface area contributed by atoms with Gasteiger partial charge in [0.1, 0.15) is 5.75 Å². The van der Waals surface area contributed by atoms with Crippen molar-refractivity contribution in [3.8, 4) is 5.75 Å². The molecular weight excluding hydrogens is 273 g/mol. The number of methoxy groups -OCH3 is 1. The molecule has 2 aromatic rings. The normalized spacial score (nSPS) is 10.2. The molecule has 2 aromatic carbocycles. The molecule has 0 unspecified atom stereocenters. The van der Waals surface area contributed by atoms with Crippen molar-refractivity contribution >= 4 is 17.3 Å². The van der Waals surface area contributed by atoms with Crippen LogP contribution in [0.2, 0.25) is 0 Å². The summed E-state index contributed by atoms with van der Waals surface area (Å²) in [6.07, 6.45) is 0.520. The molecule has 1 N–H and O–H groups in total. The average molecular weight is 289 g/mol. The predicted molar refractivity (Wildman–Crippen MR) is 79.0 cm³/mol. The number of rotatable bonds is 5. The van der Waals surface area contributed by atoms with Crippen molar-refractivity contribution in [1.29, 1.82) is 0 Å². The molecule has 0 atom stereocenters. The Balaban J connectivity index is 2.33. The minimum absolute atomic E-state index is 0.199. The zero-order valence-corrected chi connectivity index (χ0v) is 11.8. The van der Waals surface area contributed by atoms with Crippen molar-refractivity contribution in [3.63, 3.8) is 0 Å². The van der Waals surface area contributed by atoms with Crippen LogP contribution in [0.1, 0.15) is 22.8 Å². The molecule has 0 amide bonds. The maximum Gasteiger partial charge on any atom is 0.335 e. The summed E-state index contributed by atoms with van der Waals surface area (Å²) in [5, 5.41) is 9.60. The molecule has 21 heavy (non-hydrogen) atoms. The lowest BCUT2D eigenvalue weighted by atomic mass is 10.0. The molecule has 0 aliphatic carbocycles. The Labute approximate surface area is 122 Å². The fourth-order valence-electron chi connectivity index (χ4n) is 2.07. The summed E-state index contributed by atoms with van der Waals surface area (Å²) in [4.78, 5) is 11.1. The number of halogens is 1. The van der Waals surface area contributed by atoms with Crippen molar-refractivity contribution < 1.29 is 19.1 Å². The molecule has 0 heterocycles. The van der Waals surface area contributed by atoms with Crippen molar-refractivity contribution in [2.75, 3.05) is 12.2 Å². The van der Waals surface area contributed by atoms with E-state index in [0.717, 1.165) is 0 Å². The van der Waals surface area contributed by atoms with Gasteiger partial charge in [0.25, 0.3) is 0 Å². The van der Waals surface area contributed by atoms with Gasteiger partial charge in [-0.2, -0.15) is 5.12 Å². The van der Waals surface area contributed by atoms with Gasteiger partial charge >= 0.3 is 5.97 Å². The Morgan fingerprint density at radius 2 is 1.81 bits per heavy atom. The van der Waals surface area contributed by atoms with E-state index in [1.54, 1.807) is 37.4 Å².